The molecular formula is C24H31BrN2O5S. The first-order valence-corrected chi connectivity index (χ1v) is 13.4. The fraction of sp³-hybridized carbons (Fsp3) is 0.458. The maximum absolute atomic E-state index is 12.8. The van der Waals surface area contributed by atoms with E-state index in [-0.39, 0.29) is 23.7 Å². The maximum atomic E-state index is 12.8. The summed E-state index contributed by atoms with van der Waals surface area (Å²) in [5.74, 6) is 0.994. The minimum absolute atomic E-state index is 0.0358. The SMILES string of the molecule is COc1cc(CNC(=O)C2CCN(S(=O)(=O)Cc3cccc(Br)c3)CC2)ccc1OC(C)C. The molecule has 3 rings (SSSR count). The molecule has 1 saturated heterocycles. The average molecular weight is 539 g/mol. The van der Waals surface area contributed by atoms with Crippen LogP contribution in [0.4, 0.5) is 0 Å². The lowest BCUT2D eigenvalue weighted by Gasteiger charge is -2.30. The number of rotatable bonds is 9. The molecule has 0 atom stereocenters. The van der Waals surface area contributed by atoms with Crippen LogP contribution < -0.4 is 14.8 Å². The molecule has 33 heavy (non-hydrogen) atoms. The van der Waals surface area contributed by atoms with Crippen LogP contribution in [0.15, 0.2) is 46.9 Å². The van der Waals surface area contributed by atoms with Gasteiger partial charge < -0.3 is 14.8 Å². The number of amides is 1. The van der Waals surface area contributed by atoms with E-state index >= 15 is 0 Å². The molecule has 1 aliphatic rings. The van der Waals surface area contributed by atoms with Crippen LogP contribution in [0.3, 0.4) is 0 Å². The summed E-state index contributed by atoms with van der Waals surface area (Å²) in [6.45, 7) is 4.97. The third kappa shape index (κ3) is 7.19. The van der Waals surface area contributed by atoms with Crippen molar-refractivity contribution in [3.8, 4) is 11.5 Å². The number of carbonyl (C=O) groups excluding carboxylic acids is 1. The van der Waals surface area contributed by atoms with Gasteiger partial charge in [0.2, 0.25) is 15.9 Å². The number of halogens is 1. The van der Waals surface area contributed by atoms with Crippen molar-refractivity contribution >= 4 is 31.9 Å². The molecule has 0 radical (unpaired) electrons. The lowest BCUT2D eigenvalue weighted by molar-refractivity contribution is -0.126. The number of nitrogens with zero attached hydrogens (tertiary/aromatic N) is 1. The van der Waals surface area contributed by atoms with E-state index in [1.54, 1.807) is 13.2 Å². The summed E-state index contributed by atoms with van der Waals surface area (Å²) in [6, 6.07) is 12.9. The van der Waals surface area contributed by atoms with Crippen molar-refractivity contribution in [3.05, 3.63) is 58.1 Å². The smallest absolute Gasteiger partial charge is 0.223 e. The van der Waals surface area contributed by atoms with Gasteiger partial charge in [-0.25, -0.2) is 12.7 Å². The standard InChI is InChI=1S/C24H31BrN2O5S/c1-17(2)32-22-8-7-18(14-23(22)31-3)15-26-24(28)20-9-11-27(12-10-20)33(29,30)16-19-5-4-6-21(25)13-19/h4-8,13-14,17,20H,9-12,15-16H2,1-3H3,(H,26,28). The molecule has 0 aromatic heterocycles. The fourth-order valence-electron chi connectivity index (χ4n) is 3.83. The predicted octanol–water partition coefficient (Wildman–Crippen LogP) is 4.10. The number of benzene rings is 2. The molecule has 1 amide bonds. The van der Waals surface area contributed by atoms with E-state index in [0.29, 0.717) is 44.0 Å². The van der Waals surface area contributed by atoms with Crippen LogP contribution in [0.1, 0.15) is 37.8 Å². The van der Waals surface area contributed by atoms with E-state index < -0.39 is 10.0 Å². The molecule has 0 unspecified atom stereocenters. The number of ether oxygens (including phenoxy) is 2. The quantitative estimate of drug-likeness (QED) is 0.519. The van der Waals surface area contributed by atoms with E-state index in [1.807, 2.05) is 50.2 Å². The second-order valence-corrected chi connectivity index (χ2v) is 11.3. The molecular weight excluding hydrogens is 508 g/mol. The Balaban J connectivity index is 1.51. The molecule has 0 saturated carbocycles. The molecule has 2 aromatic carbocycles. The predicted molar refractivity (Wildman–Crippen MR) is 132 cm³/mol. The number of hydrogen-bond acceptors (Lipinski definition) is 5. The highest BCUT2D eigenvalue weighted by atomic mass is 79.9. The number of methoxy groups -OCH3 is 1. The minimum Gasteiger partial charge on any atom is -0.493 e. The van der Waals surface area contributed by atoms with E-state index in [2.05, 4.69) is 21.2 Å². The second-order valence-electron chi connectivity index (χ2n) is 8.43. The lowest BCUT2D eigenvalue weighted by Crippen LogP contribution is -2.43. The minimum atomic E-state index is -3.42. The van der Waals surface area contributed by atoms with Crippen LogP contribution in [0, 0.1) is 5.92 Å². The van der Waals surface area contributed by atoms with Crippen molar-refractivity contribution in [2.24, 2.45) is 5.92 Å². The number of hydrogen-bond donors (Lipinski definition) is 1. The van der Waals surface area contributed by atoms with Gasteiger partial charge in [-0.3, -0.25) is 4.79 Å². The van der Waals surface area contributed by atoms with Crippen LogP contribution >= 0.6 is 15.9 Å². The molecule has 0 bridgehead atoms. The van der Waals surface area contributed by atoms with Crippen LogP contribution in [0.5, 0.6) is 11.5 Å². The Kier molecular flexibility index (Phi) is 8.78. The maximum Gasteiger partial charge on any atom is 0.223 e. The van der Waals surface area contributed by atoms with Gasteiger partial charge in [-0.05, 0) is 62.1 Å². The van der Waals surface area contributed by atoms with Crippen LogP contribution in [0.25, 0.3) is 0 Å². The van der Waals surface area contributed by atoms with E-state index in [4.69, 9.17) is 9.47 Å². The molecule has 1 heterocycles. The second kappa shape index (κ2) is 11.4. The van der Waals surface area contributed by atoms with Crippen LogP contribution in [-0.4, -0.2) is 44.9 Å². The van der Waals surface area contributed by atoms with Crippen molar-refractivity contribution < 1.29 is 22.7 Å². The molecule has 0 aliphatic carbocycles. The molecule has 0 spiro atoms. The monoisotopic (exact) mass is 538 g/mol. The van der Waals surface area contributed by atoms with Crippen LogP contribution in [0.2, 0.25) is 0 Å². The Morgan fingerprint density at radius 2 is 1.85 bits per heavy atom. The fourth-order valence-corrected chi connectivity index (χ4v) is 5.83. The number of sulfonamides is 1. The van der Waals surface area contributed by atoms with Crippen LogP contribution in [-0.2, 0) is 27.1 Å². The molecule has 1 fully saturated rings. The summed E-state index contributed by atoms with van der Waals surface area (Å²) in [5, 5.41) is 2.97. The topological polar surface area (TPSA) is 84.9 Å². The zero-order valence-corrected chi connectivity index (χ0v) is 21.6. The molecule has 180 valence electrons. The number of carbonyl (C=O) groups is 1. The van der Waals surface area contributed by atoms with Gasteiger partial charge in [0, 0.05) is 30.0 Å². The third-order valence-corrected chi connectivity index (χ3v) is 7.86. The Bertz CT molecular complexity index is 1070. The van der Waals surface area contributed by atoms with Gasteiger partial charge in [0.25, 0.3) is 0 Å². The molecule has 7 nitrogen and oxygen atoms in total. The van der Waals surface area contributed by atoms with Gasteiger partial charge in [-0.2, -0.15) is 0 Å². The molecule has 2 aromatic rings. The lowest BCUT2D eigenvalue weighted by atomic mass is 9.97. The molecule has 1 aliphatic heterocycles. The van der Waals surface area contributed by atoms with Gasteiger partial charge >= 0.3 is 0 Å². The first kappa shape index (κ1) is 25.5. The summed E-state index contributed by atoms with van der Waals surface area (Å²) < 4.78 is 39.1. The van der Waals surface area contributed by atoms with Crippen molar-refractivity contribution in [2.75, 3.05) is 20.2 Å². The zero-order valence-electron chi connectivity index (χ0n) is 19.2. The Morgan fingerprint density at radius 1 is 1.12 bits per heavy atom. The van der Waals surface area contributed by atoms with Gasteiger partial charge in [0.05, 0.1) is 19.0 Å². The Morgan fingerprint density at radius 3 is 2.48 bits per heavy atom. The van der Waals surface area contributed by atoms with Gasteiger partial charge in [-0.1, -0.05) is 34.1 Å². The van der Waals surface area contributed by atoms with Gasteiger partial charge in [0.15, 0.2) is 11.5 Å². The largest absolute Gasteiger partial charge is 0.493 e. The van der Waals surface area contributed by atoms with E-state index in [1.165, 1.54) is 4.31 Å². The van der Waals surface area contributed by atoms with Crippen molar-refractivity contribution in [1.82, 2.24) is 9.62 Å². The summed E-state index contributed by atoms with van der Waals surface area (Å²) in [5.41, 5.74) is 1.65. The van der Waals surface area contributed by atoms with Crippen molar-refractivity contribution in [2.45, 2.75) is 45.1 Å². The Labute approximate surface area is 204 Å². The number of nitrogens with one attached hydrogen (secondary N) is 1. The Hall–Kier alpha value is -2.10. The average Bonchev–Trinajstić information content (AvgIpc) is 2.77. The highest BCUT2D eigenvalue weighted by Gasteiger charge is 2.31. The highest BCUT2D eigenvalue weighted by molar-refractivity contribution is 9.10. The van der Waals surface area contributed by atoms with E-state index in [0.717, 1.165) is 15.6 Å². The molecule has 9 heteroatoms. The summed E-state index contributed by atoms with van der Waals surface area (Å²) >= 11 is 3.38. The zero-order chi connectivity index (χ0) is 24.0. The third-order valence-electron chi connectivity index (χ3n) is 5.51. The van der Waals surface area contributed by atoms with Gasteiger partial charge in [0.1, 0.15) is 0 Å². The summed E-state index contributed by atoms with van der Waals surface area (Å²) in [7, 11) is -1.84. The summed E-state index contributed by atoms with van der Waals surface area (Å²) in [6.07, 6.45) is 1.05. The van der Waals surface area contributed by atoms with Gasteiger partial charge in [-0.15, -0.1) is 0 Å². The number of piperidine rings is 1. The summed E-state index contributed by atoms with van der Waals surface area (Å²) in [4.78, 5) is 12.7. The first-order valence-electron chi connectivity index (χ1n) is 11.0. The molecule has 1 N–H and O–H groups in total. The van der Waals surface area contributed by atoms with E-state index in [9.17, 15) is 13.2 Å². The van der Waals surface area contributed by atoms with Crippen molar-refractivity contribution in [1.29, 1.82) is 0 Å². The first-order chi connectivity index (χ1) is 15.7. The van der Waals surface area contributed by atoms with Crippen molar-refractivity contribution in [3.63, 3.8) is 0 Å². The normalized spacial score (nSPS) is 15.4. The highest BCUT2D eigenvalue weighted by Crippen LogP contribution is 2.29.